The van der Waals surface area contributed by atoms with Crippen molar-refractivity contribution in [1.82, 2.24) is 9.80 Å². The molecule has 0 bridgehead atoms. The van der Waals surface area contributed by atoms with Crippen LogP contribution in [0.3, 0.4) is 0 Å². The Kier molecular flexibility index (Phi) is 5.93. The maximum atomic E-state index is 12.3. The first-order valence-electron chi connectivity index (χ1n) is 8.71. The van der Waals surface area contributed by atoms with Gasteiger partial charge in [0.15, 0.2) is 0 Å². The number of carbonyl (C=O) groups is 2. The zero-order chi connectivity index (χ0) is 17.8. The van der Waals surface area contributed by atoms with E-state index in [0.29, 0.717) is 44.4 Å². The van der Waals surface area contributed by atoms with Crippen LogP contribution < -0.4 is 5.32 Å². The molecule has 1 aromatic rings. The second kappa shape index (κ2) is 8.17. The molecule has 2 fully saturated rings. The lowest BCUT2D eigenvalue weighted by Crippen LogP contribution is -2.52. The molecule has 0 unspecified atom stereocenters. The molecule has 0 aliphatic carbocycles. The van der Waals surface area contributed by atoms with Crippen molar-refractivity contribution in [2.45, 2.75) is 25.9 Å². The molecule has 1 N–H and O–H groups in total. The summed E-state index contributed by atoms with van der Waals surface area (Å²) in [5.41, 5.74) is 1.72. The number of hydrogen-bond donors (Lipinski definition) is 1. The number of piperazine rings is 1. The number of amides is 2. The molecule has 0 aromatic heterocycles. The van der Waals surface area contributed by atoms with Crippen LogP contribution in [-0.4, -0.2) is 67.0 Å². The van der Waals surface area contributed by atoms with Crippen molar-refractivity contribution in [3.05, 3.63) is 28.8 Å². The van der Waals surface area contributed by atoms with Gasteiger partial charge in [-0.2, -0.15) is 0 Å². The molecule has 2 saturated heterocycles. The van der Waals surface area contributed by atoms with E-state index in [0.717, 1.165) is 24.1 Å². The minimum Gasteiger partial charge on any atom is -0.368 e. The van der Waals surface area contributed by atoms with Crippen molar-refractivity contribution in [1.29, 1.82) is 0 Å². The molecule has 2 aliphatic rings. The highest BCUT2D eigenvalue weighted by molar-refractivity contribution is 6.31. The number of aryl methyl sites for hydroxylation is 1. The van der Waals surface area contributed by atoms with E-state index in [1.165, 1.54) is 0 Å². The van der Waals surface area contributed by atoms with Gasteiger partial charge in [0, 0.05) is 43.5 Å². The van der Waals surface area contributed by atoms with Crippen LogP contribution in [0.5, 0.6) is 0 Å². The van der Waals surface area contributed by atoms with Crippen LogP contribution in [-0.2, 0) is 14.3 Å². The van der Waals surface area contributed by atoms with E-state index < -0.39 is 0 Å². The highest BCUT2D eigenvalue weighted by atomic mass is 35.5. The molecule has 136 valence electrons. The Morgan fingerprint density at radius 1 is 1.28 bits per heavy atom. The average molecular weight is 366 g/mol. The first-order valence-corrected chi connectivity index (χ1v) is 9.09. The fourth-order valence-electron chi connectivity index (χ4n) is 3.22. The molecular weight excluding hydrogens is 342 g/mol. The van der Waals surface area contributed by atoms with Crippen molar-refractivity contribution >= 4 is 29.1 Å². The minimum atomic E-state index is -0.263. The Hall–Kier alpha value is -1.63. The summed E-state index contributed by atoms with van der Waals surface area (Å²) in [7, 11) is 0. The maximum absolute atomic E-state index is 12.3. The number of halogens is 1. The van der Waals surface area contributed by atoms with Crippen LogP contribution in [0.15, 0.2) is 18.2 Å². The van der Waals surface area contributed by atoms with Crippen molar-refractivity contribution in [3.63, 3.8) is 0 Å². The largest absolute Gasteiger partial charge is 0.368 e. The molecule has 2 aliphatic heterocycles. The van der Waals surface area contributed by atoms with Gasteiger partial charge in [0.25, 0.3) is 5.91 Å². The Balaban J connectivity index is 1.46. The summed E-state index contributed by atoms with van der Waals surface area (Å²) in [6.45, 7) is 5.60. The number of rotatable bonds is 4. The van der Waals surface area contributed by atoms with Gasteiger partial charge >= 0.3 is 0 Å². The van der Waals surface area contributed by atoms with E-state index in [2.05, 4.69) is 10.2 Å². The molecule has 7 heteroatoms. The summed E-state index contributed by atoms with van der Waals surface area (Å²) >= 11 is 5.98. The van der Waals surface area contributed by atoms with Gasteiger partial charge in [-0.3, -0.25) is 14.5 Å². The van der Waals surface area contributed by atoms with Crippen molar-refractivity contribution in [2.75, 3.05) is 44.6 Å². The second-order valence-electron chi connectivity index (χ2n) is 6.61. The van der Waals surface area contributed by atoms with E-state index in [9.17, 15) is 9.59 Å². The molecule has 1 aromatic carbocycles. The predicted octanol–water partition coefficient (Wildman–Crippen LogP) is 1.91. The summed E-state index contributed by atoms with van der Waals surface area (Å²) < 4.78 is 5.47. The Morgan fingerprint density at radius 2 is 2.04 bits per heavy atom. The Morgan fingerprint density at radius 3 is 2.72 bits per heavy atom. The Labute approximate surface area is 153 Å². The zero-order valence-electron chi connectivity index (χ0n) is 14.5. The van der Waals surface area contributed by atoms with E-state index >= 15 is 0 Å². The monoisotopic (exact) mass is 365 g/mol. The lowest BCUT2D eigenvalue weighted by molar-refractivity contribution is -0.142. The number of hydrogen-bond acceptors (Lipinski definition) is 4. The lowest BCUT2D eigenvalue weighted by Gasteiger charge is -2.35. The van der Waals surface area contributed by atoms with Gasteiger partial charge < -0.3 is 15.0 Å². The number of nitrogens with one attached hydrogen (secondary N) is 1. The van der Waals surface area contributed by atoms with Crippen LogP contribution in [0.25, 0.3) is 0 Å². The first kappa shape index (κ1) is 18.2. The molecule has 6 nitrogen and oxygen atoms in total. The molecule has 2 amide bonds. The number of nitrogens with zero attached hydrogens (tertiary/aromatic N) is 2. The summed E-state index contributed by atoms with van der Waals surface area (Å²) in [6, 6.07) is 5.44. The van der Waals surface area contributed by atoms with Gasteiger partial charge in [-0.05, 0) is 37.5 Å². The quantitative estimate of drug-likeness (QED) is 0.885. The van der Waals surface area contributed by atoms with E-state index in [1.54, 1.807) is 12.1 Å². The standard InChI is InChI=1S/C18H24ClN3O3/c1-13-4-5-14(19)11-15(13)20-17(23)12-21-6-8-22(9-7-21)18(24)16-3-2-10-25-16/h4-5,11,16H,2-3,6-10,12H2,1H3,(H,20,23)/t16-/m1/s1. The van der Waals surface area contributed by atoms with Crippen molar-refractivity contribution in [2.24, 2.45) is 0 Å². The fourth-order valence-corrected chi connectivity index (χ4v) is 3.40. The molecule has 3 rings (SSSR count). The van der Waals surface area contributed by atoms with E-state index in [4.69, 9.17) is 16.3 Å². The third kappa shape index (κ3) is 4.71. The molecule has 0 saturated carbocycles. The summed E-state index contributed by atoms with van der Waals surface area (Å²) in [5.74, 6) is 0.0282. The van der Waals surface area contributed by atoms with Crippen LogP contribution in [0.4, 0.5) is 5.69 Å². The number of carbonyl (C=O) groups excluding carboxylic acids is 2. The number of benzene rings is 1. The normalized spacial score (nSPS) is 21.4. The zero-order valence-corrected chi connectivity index (χ0v) is 15.2. The molecule has 25 heavy (non-hydrogen) atoms. The topological polar surface area (TPSA) is 61.9 Å². The molecule has 0 spiro atoms. The third-order valence-electron chi connectivity index (χ3n) is 4.73. The molecule has 2 heterocycles. The Bertz CT molecular complexity index is 638. The molecular formula is C18H24ClN3O3. The first-order chi connectivity index (χ1) is 12.0. The van der Waals surface area contributed by atoms with Gasteiger partial charge in [0.2, 0.25) is 5.91 Å². The second-order valence-corrected chi connectivity index (χ2v) is 7.05. The van der Waals surface area contributed by atoms with Crippen LogP contribution >= 0.6 is 11.6 Å². The van der Waals surface area contributed by atoms with Gasteiger partial charge in [0.05, 0.1) is 6.54 Å². The fraction of sp³-hybridized carbons (Fsp3) is 0.556. The van der Waals surface area contributed by atoms with Crippen LogP contribution in [0.1, 0.15) is 18.4 Å². The summed E-state index contributed by atoms with van der Waals surface area (Å²) in [4.78, 5) is 28.5. The van der Waals surface area contributed by atoms with Gasteiger partial charge in [0.1, 0.15) is 6.10 Å². The summed E-state index contributed by atoms with van der Waals surface area (Å²) in [6.07, 6.45) is 1.51. The maximum Gasteiger partial charge on any atom is 0.251 e. The average Bonchev–Trinajstić information content (AvgIpc) is 3.13. The molecule has 1 atom stereocenters. The minimum absolute atomic E-state index is 0.0655. The van der Waals surface area contributed by atoms with Crippen molar-refractivity contribution in [3.8, 4) is 0 Å². The van der Waals surface area contributed by atoms with E-state index in [-0.39, 0.29) is 17.9 Å². The third-order valence-corrected chi connectivity index (χ3v) is 4.97. The predicted molar refractivity (Wildman–Crippen MR) is 96.8 cm³/mol. The van der Waals surface area contributed by atoms with Crippen LogP contribution in [0.2, 0.25) is 5.02 Å². The molecule has 0 radical (unpaired) electrons. The number of ether oxygens (including phenoxy) is 1. The van der Waals surface area contributed by atoms with Crippen molar-refractivity contribution < 1.29 is 14.3 Å². The van der Waals surface area contributed by atoms with Gasteiger partial charge in [-0.1, -0.05) is 17.7 Å². The number of anilines is 1. The van der Waals surface area contributed by atoms with Gasteiger partial charge in [-0.25, -0.2) is 0 Å². The van der Waals surface area contributed by atoms with E-state index in [1.807, 2.05) is 17.9 Å². The van der Waals surface area contributed by atoms with Crippen LogP contribution in [0, 0.1) is 6.92 Å². The highest BCUT2D eigenvalue weighted by Crippen LogP contribution is 2.20. The lowest BCUT2D eigenvalue weighted by atomic mass is 10.2. The smallest absolute Gasteiger partial charge is 0.251 e. The highest BCUT2D eigenvalue weighted by Gasteiger charge is 2.30. The summed E-state index contributed by atoms with van der Waals surface area (Å²) in [5, 5.41) is 3.51. The SMILES string of the molecule is Cc1ccc(Cl)cc1NC(=O)CN1CCN(C(=O)[C@H]2CCCO2)CC1. The van der Waals surface area contributed by atoms with Gasteiger partial charge in [-0.15, -0.1) is 0 Å².